The fourth-order valence-electron chi connectivity index (χ4n) is 1.45. The van der Waals surface area contributed by atoms with Crippen molar-refractivity contribution in [3.63, 3.8) is 0 Å². The van der Waals surface area contributed by atoms with Gasteiger partial charge < -0.3 is 14.8 Å². The van der Waals surface area contributed by atoms with Gasteiger partial charge in [0.05, 0.1) is 25.2 Å². The average Bonchev–Trinajstić information content (AvgIpc) is 2.10. The van der Waals surface area contributed by atoms with Gasteiger partial charge in [-0.05, 0) is 20.8 Å². The zero-order chi connectivity index (χ0) is 13.1. The second-order valence-corrected chi connectivity index (χ2v) is 5.14. The summed E-state index contributed by atoms with van der Waals surface area (Å²) in [6.07, 6.45) is -0.492. The molecule has 1 heterocycles. The van der Waals surface area contributed by atoms with Crippen LogP contribution in [0, 0.1) is 0 Å². The molecule has 7 heteroatoms. The molecule has 1 fully saturated rings. The van der Waals surface area contributed by atoms with Crippen LogP contribution >= 0.6 is 0 Å². The first-order valence-electron chi connectivity index (χ1n) is 5.35. The van der Waals surface area contributed by atoms with Gasteiger partial charge in [-0.1, -0.05) is 0 Å². The van der Waals surface area contributed by atoms with Crippen LogP contribution in [-0.2, 0) is 14.3 Å². The molecule has 0 bridgehead atoms. The maximum atomic E-state index is 11.6. The first kappa shape index (κ1) is 13.7. The highest BCUT2D eigenvalue weighted by Gasteiger charge is 2.42. The molecule has 0 aromatic rings. The number of hydrogen-bond donors (Lipinski definition) is 3. The molecule has 0 aliphatic carbocycles. The molecule has 0 spiro atoms. The number of carbonyl (C=O) groups is 2. The van der Waals surface area contributed by atoms with Gasteiger partial charge in [-0.25, -0.2) is 10.6 Å². The van der Waals surface area contributed by atoms with Crippen LogP contribution in [-0.4, -0.2) is 36.4 Å². The first-order valence-corrected chi connectivity index (χ1v) is 5.35. The standard InChI is InChI=1S/C10H19N3O4/c1-9(2,3)17-8(15)12-10(5-16-6-10)4-7(14)13-11/h4-6,11H2,1-3H3,(H,12,15)(H,13,14). The molecule has 1 rings (SSSR count). The van der Waals surface area contributed by atoms with E-state index in [-0.39, 0.29) is 25.5 Å². The van der Waals surface area contributed by atoms with E-state index in [0.29, 0.717) is 0 Å². The van der Waals surface area contributed by atoms with E-state index < -0.39 is 17.2 Å². The molecule has 0 atom stereocenters. The normalized spacial score (nSPS) is 17.9. The Balaban J connectivity index is 2.52. The summed E-state index contributed by atoms with van der Waals surface area (Å²) in [6.45, 7) is 5.86. The number of hydrogen-bond acceptors (Lipinski definition) is 5. The Morgan fingerprint density at radius 1 is 1.41 bits per heavy atom. The van der Waals surface area contributed by atoms with Crippen molar-refractivity contribution in [3.8, 4) is 0 Å². The third-order valence-electron chi connectivity index (χ3n) is 2.18. The van der Waals surface area contributed by atoms with Crippen LogP contribution in [0.3, 0.4) is 0 Å². The third-order valence-corrected chi connectivity index (χ3v) is 2.18. The summed E-state index contributed by atoms with van der Waals surface area (Å²) >= 11 is 0. The van der Waals surface area contributed by atoms with E-state index in [0.717, 1.165) is 0 Å². The summed E-state index contributed by atoms with van der Waals surface area (Å²) in [5.74, 6) is 4.65. The molecule has 0 unspecified atom stereocenters. The van der Waals surface area contributed by atoms with Crippen molar-refractivity contribution in [1.82, 2.24) is 10.7 Å². The number of amides is 2. The van der Waals surface area contributed by atoms with Crippen LogP contribution in [0.25, 0.3) is 0 Å². The Labute approximate surface area is 100.0 Å². The molecule has 0 radical (unpaired) electrons. The minimum atomic E-state index is -0.703. The van der Waals surface area contributed by atoms with Crippen molar-refractivity contribution in [1.29, 1.82) is 0 Å². The molecule has 2 amide bonds. The van der Waals surface area contributed by atoms with Gasteiger partial charge in [0.15, 0.2) is 0 Å². The molecule has 98 valence electrons. The van der Waals surface area contributed by atoms with Crippen LogP contribution in [0.5, 0.6) is 0 Å². The molecule has 17 heavy (non-hydrogen) atoms. The fraction of sp³-hybridized carbons (Fsp3) is 0.800. The fourth-order valence-corrected chi connectivity index (χ4v) is 1.45. The first-order chi connectivity index (χ1) is 7.76. The Morgan fingerprint density at radius 2 is 2.00 bits per heavy atom. The van der Waals surface area contributed by atoms with Crippen molar-refractivity contribution in [2.24, 2.45) is 5.84 Å². The zero-order valence-corrected chi connectivity index (χ0v) is 10.3. The number of nitrogens with two attached hydrogens (primary N) is 1. The number of ether oxygens (including phenoxy) is 2. The van der Waals surface area contributed by atoms with E-state index in [4.69, 9.17) is 15.3 Å². The molecule has 7 nitrogen and oxygen atoms in total. The molecule has 0 aromatic heterocycles. The van der Waals surface area contributed by atoms with Crippen LogP contribution in [0.15, 0.2) is 0 Å². The van der Waals surface area contributed by atoms with E-state index in [1.54, 1.807) is 20.8 Å². The quantitative estimate of drug-likeness (QED) is 0.358. The Morgan fingerprint density at radius 3 is 2.35 bits per heavy atom. The molecule has 1 aliphatic heterocycles. The number of carbonyl (C=O) groups excluding carboxylic acids is 2. The molecule has 0 aromatic carbocycles. The van der Waals surface area contributed by atoms with E-state index >= 15 is 0 Å². The zero-order valence-electron chi connectivity index (χ0n) is 10.3. The van der Waals surface area contributed by atoms with Gasteiger partial charge in [-0.3, -0.25) is 10.2 Å². The van der Waals surface area contributed by atoms with E-state index in [1.807, 2.05) is 5.43 Å². The molecular formula is C10H19N3O4. The average molecular weight is 245 g/mol. The molecular weight excluding hydrogens is 226 g/mol. The smallest absolute Gasteiger partial charge is 0.408 e. The molecule has 1 saturated heterocycles. The SMILES string of the molecule is CC(C)(C)OC(=O)NC1(CC(=O)NN)COC1. The number of alkyl carbamates (subject to hydrolysis) is 1. The van der Waals surface area contributed by atoms with Crippen molar-refractivity contribution in [2.45, 2.75) is 38.3 Å². The number of nitrogens with one attached hydrogen (secondary N) is 2. The van der Waals surface area contributed by atoms with Gasteiger partial charge in [0.1, 0.15) is 5.60 Å². The van der Waals surface area contributed by atoms with Gasteiger partial charge in [0.2, 0.25) is 5.91 Å². The highest BCUT2D eigenvalue weighted by atomic mass is 16.6. The van der Waals surface area contributed by atoms with E-state index in [2.05, 4.69) is 5.32 Å². The second-order valence-electron chi connectivity index (χ2n) is 5.14. The highest BCUT2D eigenvalue weighted by molar-refractivity contribution is 5.78. The molecule has 1 aliphatic rings. The van der Waals surface area contributed by atoms with E-state index in [1.165, 1.54) is 0 Å². The lowest BCUT2D eigenvalue weighted by Crippen LogP contribution is -2.64. The Hall–Kier alpha value is -1.34. The molecule has 4 N–H and O–H groups in total. The summed E-state index contributed by atoms with van der Waals surface area (Å²) in [6, 6.07) is 0. The van der Waals surface area contributed by atoms with Crippen LogP contribution < -0.4 is 16.6 Å². The lowest BCUT2D eigenvalue weighted by atomic mass is 9.93. The Bertz CT molecular complexity index is 307. The summed E-state index contributed by atoms with van der Waals surface area (Å²) in [4.78, 5) is 22.8. The van der Waals surface area contributed by atoms with Gasteiger partial charge in [0.25, 0.3) is 0 Å². The van der Waals surface area contributed by atoms with Crippen molar-refractivity contribution in [2.75, 3.05) is 13.2 Å². The van der Waals surface area contributed by atoms with E-state index in [9.17, 15) is 9.59 Å². The number of rotatable bonds is 3. The lowest BCUT2D eigenvalue weighted by molar-refractivity contribution is -0.130. The minimum Gasteiger partial charge on any atom is -0.444 e. The Kier molecular flexibility index (Phi) is 3.94. The lowest BCUT2D eigenvalue weighted by Gasteiger charge is -2.41. The maximum Gasteiger partial charge on any atom is 0.408 e. The van der Waals surface area contributed by atoms with Gasteiger partial charge in [-0.15, -0.1) is 0 Å². The van der Waals surface area contributed by atoms with Crippen LogP contribution in [0.4, 0.5) is 4.79 Å². The largest absolute Gasteiger partial charge is 0.444 e. The third kappa shape index (κ3) is 4.20. The highest BCUT2D eigenvalue weighted by Crippen LogP contribution is 2.22. The van der Waals surface area contributed by atoms with Gasteiger partial charge >= 0.3 is 6.09 Å². The van der Waals surface area contributed by atoms with Gasteiger partial charge in [-0.2, -0.15) is 0 Å². The number of hydrazine groups is 1. The summed E-state index contributed by atoms with van der Waals surface area (Å²) in [5, 5.41) is 2.65. The maximum absolute atomic E-state index is 11.6. The second kappa shape index (κ2) is 4.89. The van der Waals surface area contributed by atoms with Crippen molar-refractivity contribution in [3.05, 3.63) is 0 Å². The topological polar surface area (TPSA) is 103 Å². The predicted octanol–water partition coefficient (Wildman–Crippen LogP) is -0.340. The minimum absolute atomic E-state index is 0.0722. The van der Waals surface area contributed by atoms with Crippen molar-refractivity contribution >= 4 is 12.0 Å². The summed E-state index contributed by atoms with van der Waals surface area (Å²) < 4.78 is 10.1. The predicted molar refractivity (Wildman–Crippen MR) is 59.9 cm³/mol. The molecule has 0 saturated carbocycles. The summed E-state index contributed by atoms with van der Waals surface area (Å²) in [5.41, 5.74) is 0.744. The monoisotopic (exact) mass is 245 g/mol. The van der Waals surface area contributed by atoms with Crippen molar-refractivity contribution < 1.29 is 19.1 Å². The van der Waals surface area contributed by atoms with Crippen LogP contribution in [0.1, 0.15) is 27.2 Å². The summed E-state index contributed by atoms with van der Waals surface area (Å²) in [7, 11) is 0. The van der Waals surface area contributed by atoms with Gasteiger partial charge in [0, 0.05) is 0 Å². The van der Waals surface area contributed by atoms with Crippen LogP contribution in [0.2, 0.25) is 0 Å².